The third-order valence-electron chi connectivity index (χ3n) is 1.75. The van der Waals surface area contributed by atoms with Crippen LogP contribution in [0.5, 0.6) is 0 Å². The van der Waals surface area contributed by atoms with Crippen LogP contribution in [0.3, 0.4) is 0 Å². The molecule has 1 heterocycles. The molecule has 0 aromatic carbocycles. The molecule has 0 radical (unpaired) electrons. The summed E-state index contributed by atoms with van der Waals surface area (Å²) in [6, 6.07) is 0. The van der Waals surface area contributed by atoms with E-state index in [4.69, 9.17) is 15.2 Å². The van der Waals surface area contributed by atoms with Gasteiger partial charge in [-0.1, -0.05) is 0 Å². The molecule has 0 aromatic heterocycles. The lowest BCUT2D eigenvalue weighted by atomic mass is 10.2. The summed E-state index contributed by atoms with van der Waals surface area (Å²) in [6.07, 6.45) is -1.21. The SMILES string of the molecule is CC1(C)OCC(C(F)(F)CN)O1. The average molecular weight is 181 g/mol. The summed E-state index contributed by atoms with van der Waals surface area (Å²) in [5, 5.41) is 0. The van der Waals surface area contributed by atoms with Crippen molar-refractivity contribution in [1.29, 1.82) is 0 Å². The number of hydrogen-bond donors (Lipinski definition) is 1. The van der Waals surface area contributed by atoms with Gasteiger partial charge in [-0.3, -0.25) is 0 Å². The van der Waals surface area contributed by atoms with Crippen LogP contribution >= 0.6 is 0 Å². The predicted octanol–water partition coefficient (Wildman–Crippen LogP) is 0.732. The lowest BCUT2D eigenvalue weighted by molar-refractivity contribution is -0.178. The zero-order chi connectivity index (χ0) is 9.41. The first kappa shape index (κ1) is 9.83. The Morgan fingerprint density at radius 2 is 2.17 bits per heavy atom. The molecule has 1 saturated heterocycles. The molecular formula is C7H13F2NO2. The van der Waals surface area contributed by atoms with Crippen molar-refractivity contribution in [2.24, 2.45) is 5.73 Å². The van der Waals surface area contributed by atoms with Gasteiger partial charge in [0, 0.05) is 0 Å². The Kier molecular flexibility index (Phi) is 2.38. The normalized spacial score (nSPS) is 29.2. The van der Waals surface area contributed by atoms with Crippen molar-refractivity contribution in [1.82, 2.24) is 0 Å². The quantitative estimate of drug-likeness (QED) is 0.683. The molecule has 12 heavy (non-hydrogen) atoms. The summed E-state index contributed by atoms with van der Waals surface area (Å²) in [4.78, 5) is 0. The molecule has 3 nitrogen and oxygen atoms in total. The van der Waals surface area contributed by atoms with E-state index < -0.39 is 24.4 Å². The topological polar surface area (TPSA) is 44.5 Å². The first-order valence-corrected chi connectivity index (χ1v) is 3.77. The van der Waals surface area contributed by atoms with Gasteiger partial charge in [0.25, 0.3) is 5.92 Å². The summed E-state index contributed by atoms with van der Waals surface area (Å²) >= 11 is 0. The molecule has 1 unspecified atom stereocenters. The fourth-order valence-electron chi connectivity index (χ4n) is 1.03. The van der Waals surface area contributed by atoms with Crippen LogP contribution in [-0.4, -0.2) is 31.0 Å². The maximum Gasteiger partial charge on any atom is 0.288 e. The highest BCUT2D eigenvalue weighted by Crippen LogP contribution is 2.31. The van der Waals surface area contributed by atoms with E-state index in [0.29, 0.717) is 0 Å². The third-order valence-corrected chi connectivity index (χ3v) is 1.75. The van der Waals surface area contributed by atoms with Crippen molar-refractivity contribution in [3.63, 3.8) is 0 Å². The molecule has 0 saturated carbocycles. The summed E-state index contributed by atoms with van der Waals surface area (Å²) in [5.74, 6) is -3.91. The van der Waals surface area contributed by atoms with Gasteiger partial charge >= 0.3 is 0 Å². The van der Waals surface area contributed by atoms with E-state index in [9.17, 15) is 8.78 Å². The van der Waals surface area contributed by atoms with E-state index in [0.717, 1.165) is 0 Å². The minimum atomic E-state index is -2.99. The second kappa shape index (κ2) is 2.90. The molecule has 0 amide bonds. The largest absolute Gasteiger partial charge is 0.348 e. The molecule has 1 aliphatic rings. The third kappa shape index (κ3) is 1.91. The highest BCUT2D eigenvalue weighted by molar-refractivity contribution is 4.84. The Bertz CT molecular complexity index is 173. The van der Waals surface area contributed by atoms with Gasteiger partial charge in [0.05, 0.1) is 13.2 Å². The Morgan fingerprint density at radius 1 is 1.58 bits per heavy atom. The van der Waals surface area contributed by atoms with E-state index in [1.54, 1.807) is 13.8 Å². The van der Waals surface area contributed by atoms with Gasteiger partial charge in [-0.05, 0) is 13.8 Å². The van der Waals surface area contributed by atoms with Gasteiger partial charge in [0.15, 0.2) is 5.79 Å². The second-order valence-corrected chi connectivity index (χ2v) is 3.28. The number of hydrogen-bond acceptors (Lipinski definition) is 3. The maximum absolute atomic E-state index is 12.9. The Morgan fingerprint density at radius 3 is 2.50 bits per heavy atom. The fourth-order valence-corrected chi connectivity index (χ4v) is 1.03. The number of rotatable bonds is 2. The van der Waals surface area contributed by atoms with E-state index in [1.165, 1.54) is 0 Å². The Balaban J connectivity index is 2.58. The molecular weight excluding hydrogens is 168 g/mol. The molecule has 5 heteroatoms. The Hall–Kier alpha value is -0.260. The lowest BCUT2D eigenvalue weighted by Gasteiger charge is -2.22. The van der Waals surface area contributed by atoms with E-state index in [-0.39, 0.29) is 6.61 Å². The average Bonchev–Trinajstić information content (AvgIpc) is 2.31. The first-order valence-electron chi connectivity index (χ1n) is 3.77. The molecule has 0 spiro atoms. The van der Waals surface area contributed by atoms with E-state index in [2.05, 4.69) is 0 Å². The predicted molar refractivity (Wildman–Crippen MR) is 38.9 cm³/mol. The molecule has 1 rings (SSSR count). The van der Waals surface area contributed by atoms with Crippen molar-refractivity contribution >= 4 is 0 Å². The maximum atomic E-state index is 12.9. The van der Waals surface area contributed by atoms with Crippen LogP contribution in [0.25, 0.3) is 0 Å². The fraction of sp³-hybridized carbons (Fsp3) is 1.00. The number of ether oxygens (including phenoxy) is 2. The Labute approximate surface area is 69.8 Å². The summed E-state index contributed by atoms with van der Waals surface area (Å²) < 4.78 is 35.7. The first-order chi connectivity index (χ1) is 5.37. The van der Waals surface area contributed by atoms with Crippen molar-refractivity contribution in [3.05, 3.63) is 0 Å². The van der Waals surface area contributed by atoms with E-state index >= 15 is 0 Å². The van der Waals surface area contributed by atoms with Gasteiger partial charge in [-0.15, -0.1) is 0 Å². The number of halogens is 2. The van der Waals surface area contributed by atoms with Crippen molar-refractivity contribution in [3.8, 4) is 0 Å². The minimum absolute atomic E-state index is 0.100. The minimum Gasteiger partial charge on any atom is -0.348 e. The van der Waals surface area contributed by atoms with Crippen LogP contribution < -0.4 is 5.73 Å². The van der Waals surface area contributed by atoms with Crippen LogP contribution in [0.2, 0.25) is 0 Å². The number of nitrogens with two attached hydrogens (primary N) is 1. The molecule has 1 atom stereocenters. The molecule has 0 bridgehead atoms. The van der Waals surface area contributed by atoms with E-state index in [1.807, 2.05) is 0 Å². The van der Waals surface area contributed by atoms with Gasteiger partial charge in [-0.25, -0.2) is 8.78 Å². The second-order valence-electron chi connectivity index (χ2n) is 3.28. The van der Waals surface area contributed by atoms with Crippen molar-refractivity contribution in [2.45, 2.75) is 31.7 Å². The van der Waals surface area contributed by atoms with Crippen LogP contribution in [0.4, 0.5) is 8.78 Å². The van der Waals surface area contributed by atoms with Crippen molar-refractivity contribution in [2.75, 3.05) is 13.2 Å². The molecule has 72 valence electrons. The number of alkyl halides is 2. The smallest absolute Gasteiger partial charge is 0.288 e. The van der Waals surface area contributed by atoms with Crippen molar-refractivity contribution < 1.29 is 18.3 Å². The molecule has 1 fully saturated rings. The van der Waals surface area contributed by atoms with Gasteiger partial charge in [0.1, 0.15) is 6.10 Å². The highest BCUT2D eigenvalue weighted by Gasteiger charge is 2.47. The molecule has 0 aromatic rings. The summed E-state index contributed by atoms with van der Waals surface area (Å²) in [5.41, 5.74) is 4.89. The molecule has 1 aliphatic heterocycles. The summed E-state index contributed by atoms with van der Waals surface area (Å²) in [6.45, 7) is 2.38. The zero-order valence-corrected chi connectivity index (χ0v) is 7.14. The standard InChI is InChI=1S/C7H13F2NO2/c1-6(2)11-3-5(12-6)7(8,9)4-10/h5H,3-4,10H2,1-2H3. The monoisotopic (exact) mass is 181 g/mol. The molecule has 2 N–H and O–H groups in total. The zero-order valence-electron chi connectivity index (χ0n) is 7.14. The highest BCUT2D eigenvalue weighted by atomic mass is 19.3. The lowest BCUT2D eigenvalue weighted by Crippen LogP contribution is -2.42. The van der Waals surface area contributed by atoms with Crippen LogP contribution in [0.1, 0.15) is 13.8 Å². The van der Waals surface area contributed by atoms with Crippen LogP contribution in [-0.2, 0) is 9.47 Å². The van der Waals surface area contributed by atoms with Gasteiger partial charge in [0.2, 0.25) is 0 Å². The molecule has 0 aliphatic carbocycles. The van der Waals surface area contributed by atoms with Gasteiger partial charge in [-0.2, -0.15) is 0 Å². The van der Waals surface area contributed by atoms with Crippen LogP contribution in [0.15, 0.2) is 0 Å². The van der Waals surface area contributed by atoms with Gasteiger partial charge < -0.3 is 15.2 Å². The summed E-state index contributed by atoms with van der Waals surface area (Å²) in [7, 11) is 0. The van der Waals surface area contributed by atoms with Crippen LogP contribution in [0, 0.1) is 0 Å².